The van der Waals surface area contributed by atoms with Gasteiger partial charge >= 0.3 is 0 Å². The van der Waals surface area contributed by atoms with Gasteiger partial charge in [0.1, 0.15) is 0 Å². The van der Waals surface area contributed by atoms with E-state index in [0.29, 0.717) is 6.04 Å². The van der Waals surface area contributed by atoms with E-state index in [0.717, 1.165) is 51.1 Å². The van der Waals surface area contributed by atoms with Crippen molar-refractivity contribution in [3.63, 3.8) is 0 Å². The van der Waals surface area contributed by atoms with Gasteiger partial charge in [0, 0.05) is 52.2 Å². The van der Waals surface area contributed by atoms with E-state index in [-0.39, 0.29) is 5.91 Å². The number of aliphatic imine (C=N–C) groups is 1. The van der Waals surface area contributed by atoms with E-state index in [1.165, 1.54) is 25.9 Å². The van der Waals surface area contributed by atoms with Crippen LogP contribution in [0.4, 0.5) is 0 Å². The van der Waals surface area contributed by atoms with E-state index in [1.807, 2.05) is 4.90 Å². The van der Waals surface area contributed by atoms with Crippen molar-refractivity contribution in [1.82, 2.24) is 20.0 Å². The average Bonchev–Trinajstić information content (AvgIpc) is 2.58. The number of hydrogen-bond acceptors (Lipinski definition) is 3. The van der Waals surface area contributed by atoms with E-state index in [9.17, 15) is 4.79 Å². The molecule has 24 heavy (non-hydrogen) atoms. The second-order valence-corrected chi connectivity index (χ2v) is 7.28. The van der Waals surface area contributed by atoms with Crippen LogP contribution >= 0.6 is 0 Å². The molecule has 2 fully saturated rings. The zero-order valence-corrected chi connectivity index (χ0v) is 15.9. The van der Waals surface area contributed by atoms with Crippen molar-refractivity contribution in [2.75, 3.05) is 52.4 Å². The monoisotopic (exact) mass is 337 g/mol. The molecule has 0 aromatic heterocycles. The fraction of sp³-hybridized carbons (Fsp3) is 0.889. The molecular weight excluding hydrogens is 302 g/mol. The smallest absolute Gasteiger partial charge is 0.219 e. The summed E-state index contributed by atoms with van der Waals surface area (Å²) in [4.78, 5) is 23.1. The predicted octanol–water partition coefficient (Wildman–Crippen LogP) is 1.24. The minimum Gasteiger partial charge on any atom is -0.357 e. The minimum atomic E-state index is 0.171. The van der Waals surface area contributed by atoms with Crippen LogP contribution < -0.4 is 5.32 Å². The van der Waals surface area contributed by atoms with Crippen LogP contribution in [-0.4, -0.2) is 85.0 Å². The molecule has 0 bridgehead atoms. The number of amides is 1. The van der Waals surface area contributed by atoms with Gasteiger partial charge in [-0.15, -0.1) is 0 Å². The summed E-state index contributed by atoms with van der Waals surface area (Å²) in [6, 6.07) is 0.486. The lowest BCUT2D eigenvalue weighted by molar-refractivity contribution is -0.130. The van der Waals surface area contributed by atoms with Crippen LogP contribution in [0.5, 0.6) is 0 Å². The van der Waals surface area contributed by atoms with Crippen molar-refractivity contribution >= 4 is 11.9 Å². The van der Waals surface area contributed by atoms with Gasteiger partial charge in [-0.2, -0.15) is 0 Å². The van der Waals surface area contributed by atoms with Gasteiger partial charge < -0.3 is 15.1 Å². The number of hydrogen-bond donors (Lipinski definition) is 1. The van der Waals surface area contributed by atoms with Gasteiger partial charge in [0.2, 0.25) is 5.91 Å². The Bertz CT molecular complexity index is 431. The molecule has 6 heteroatoms. The molecule has 138 valence electrons. The topological polar surface area (TPSA) is 51.2 Å². The Kier molecular flexibility index (Phi) is 7.34. The SMILES string of the molecule is CCNC(=NCC(C)N1CCCC(C)C1)N1CCN(C(C)=O)CC1. The van der Waals surface area contributed by atoms with Crippen LogP contribution in [0.3, 0.4) is 0 Å². The summed E-state index contributed by atoms with van der Waals surface area (Å²) in [5.74, 6) is 1.97. The third-order valence-corrected chi connectivity index (χ3v) is 5.18. The lowest BCUT2D eigenvalue weighted by Crippen LogP contribution is -2.53. The zero-order chi connectivity index (χ0) is 17.5. The van der Waals surface area contributed by atoms with Crippen molar-refractivity contribution < 1.29 is 4.79 Å². The summed E-state index contributed by atoms with van der Waals surface area (Å²) in [6.45, 7) is 15.8. The van der Waals surface area contributed by atoms with Crippen molar-refractivity contribution in [3.8, 4) is 0 Å². The highest BCUT2D eigenvalue weighted by molar-refractivity contribution is 5.80. The Hall–Kier alpha value is -1.30. The molecule has 2 rings (SSSR count). The predicted molar refractivity (Wildman–Crippen MR) is 99.2 cm³/mol. The largest absolute Gasteiger partial charge is 0.357 e. The molecular formula is C18H35N5O. The first kappa shape index (κ1) is 19.0. The van der Waals surface area contributed by atoms with Gasteiger partial charge in [0.15, 0.2) is 5.96 Å². The van der Waals surface area contributed by atoms with Crippen LogP contribution in [0, 0.1) is 5.92 Å². The van der Waals surface area contributed by atoms with Gasteiger partial charge in [0.25, 0.3) is 0 Å². The molecule has 0 aliphatic carbocycles. The molecule has 2 atom stereocenters. The highest BCUT2D eigenvalue weighted by Gasteiger charge is 2.23. The molecule has 0 radical (unpaired) electrons. The molecule has 2 unspecified atom stereocenters. The summed E-state index contributed by atoms with van der Waals surface area (Å²) in [6.07, 6.45) is 2.66. The minimum absolute atomic E-state index is 0.171. The number of piperidine rings is 1. The Morgan fingerprint density at radius 1 is 1.21 bits per heavy atom. The molecule has 2 aliphatic rings. The second-order valence-electron chi connectivity index (χ2n) is 7.28. The number of carbonyl (C=O) groups excluding carboxylic acids is 1. The number of piperazine rings is 1. The number of carbonyl (C=O) groups is 1. The van der Waals surface area contributed by atoms with Crippen molar-refractivity contribution in [3.05, 3.63) is 0 Å². The normalized spacial score (nSPS) is 24.8. The van der Waals surface area contributed by atoms with Crippen LogP contribution in [0.2, 0.25) is 0 Å². The first-order valence-corrected chi connectivity index (χ1v) is 9.54. The highest BCUT2D eigenvalue weighted by Crippen LogP contribution is 2.17. The van der Waals surface area contributed by atoms with Gasteiger partial charge in [-0.3, -0.25) is 14.7 Å². The van der Waals surface area contributed by atoms with Gasteiger partial charge in [-0.05, 0) is 39.2 Å². The van der Waals surface area contributed by atoms with Crippen molar-refractivity contribution in [2.45, 2.75) is 46.6 Å². The lowest BCUT2D eigenvalue weighted by atomic mass is 9.99. The molecule has 1 N–H and O–H groups in total. The van der Waals surface area contributed by atoms with Crippen molar-refractivity contribution in [1.29, 1.82) is 0 Å². The van der Waals surface area contributed by atoms with E-state index in [4.69, 9.17) is 4.99 Å². The van der Waals surface area contributed by atoms with Gasteiger partial charge in [-0.25, -0.2) is 0 Å². The maximum absolute atomic E-state index is 11.5. The highest BCUT2D eigenvalue weighted by atomic mass is 16.2. The number of rotatable bonds is 4. The average molecular weight is 338 g/mol. The third kappa shape index (κ3) is 5.36. The zero-order valence-electron chi connectivity index (χ0n) is 15.9. The van der Waals surface area contributed by atoms with E-state index < -0.39 is 0 Å². The number of guanidine groups is 1. The Balaban J connectivity index is 1.89. The summed E-state index contributed by atoms with van der Waals surface area (Å²) < 4.78 is 0. The molecule has 6 nitrogen and oxygen atoms in total. The molecule has 2 aliphatic heterocycles. The number of likely N-dealkylation sites (tertiary alicyclic amines) is 1. The fourth-order valence-corrected chi connectivity index (χ4v) is 3.62. The van der Waals surface area contributed by atoms with Crippen LogP contribution in [0.1, 0.15) is 40.5 Å². The van der Waals surface area contributed by atoms with Crippen LogP contribution in [0.25, 0.3) is 0 Å². The van der Waals surface area contributed by atoms with E-state index in [1.54, 1.807) is 6.92 Å². The Morgan fingerprint density at radius 3 is 2.46 bits per heavy atom. The van der Waals surface area contributed by atoms with Gasteiger partial charge in [0.05, 0.1) is 6.54 Å². The molecule has 0 aromatic rings. The number of nitrogens with one attached hydrogen (secondary N) is 1. The van der Waals surface area contributed by atoms with Gasteiger partial charge in [-0.1, -0.05) is 6.92 Å². The first-order valence-electron chi connectivity index (χ1n) is 9.54. The molecule has 0 aromatic carbocycles. The summed E-state index contributed by atoms with van der Waals surface area (Å²) in [5.41, 5.74) is 0. The number of nitrogens with zero attached hydrogens (tertiary/aromatic N) is 4. The summed E-state index contributed by atoms with van der Waals surface area (Å²) >= 11 is 0. The standard InChI is InChI=1S/C18H35N5O/c1-5-19-18(22-11-9-21(10-12-22)17(4)24)20-13-16(3)23-8-6-7-15(2)14-23/h15-16H,5-14H2,1-4H3,(H,19,20). The van der Waals surface area contributed by atoms with Crippen molar-refractivity contribution in [2.24, 2.45) is 10.9 Å². The Labute approximate surface area is 147 Å². The lowest BCUT2D eigenvalue weighted by Gasteiger charge is -2.37. The molecule has 2 heterocycles. The first-order chi connectivity index (χ1) is 11.5. The summed E-state index contributed by atoms with van der Waals surface area (Å²) in [5, 5.41) is 3.42. The van der Waals surface area contributed by atoms with Crippen LogP contribution in [-0.2, 0) is 4.79 Å². The molecule has 1 amide bonds. The molecule has 2 saturated heterocycles. The third-order valence-electron chi connectivity index (χ3n) is 5.18. The van der Waals surface area contributed by atoms with E-state index in [2.05, 4.69) is 35.9 Å². The fourth-order valence-electron chi connectivity index (χ4n) is 3.62. The van der Waals surface area contributed by atoms with Crippen LogP contribution in [0.15, 0.2) is 4.99 Å². The second kappa shape index (κ2) is 9.25. The molecule has 0 saturated carbocycles. The maximum Gasteiger partial charge on any atom is 0.219 e. The van der Waals surface area contributed by atoms with E-state index >= 15 is 0 Å². The maximum atomic E-state index is 11.5. The molecule has 0 spiro atoms. The summed E-state index contributed by atoms with van der Waals surface area (Å²) in [7, 11) is 0. The Morgan fingerprint density at radius 2 is 1.88 bits per heavy atom. The quantitative estimate of drug-likeness (QED) is 0.619.